The van der Waals surface area contributed by atoms with Crippen LogP contribution in [-0.2, 0) is 4.79 Å². The van der Waals surface area contributed by atoms with Gasteiger partial charge in [0, 0.05) is 18.0 Å². The van der Waals surface area contributed by atoms with Crippen molar-refractivity contribution in [3.63, 3.8) is 0 Å². The fourth-order valence-electron chi connectivity index (χ4n) is 2.48. The predicted molar refractivity (Wildman–Crippen MR) is 106 cm³/mol. The highest BCUT2D eigenvalue weighted by molar-refractivity contribution is 5.97. The van der Waals surface area contributed by atoms with Crippen LogP contribution in [-0.4, -0.2) is 27.2 Å². The average Bonchev–Trinajstić information content (AvgIpc) is 2.73. The standard InChI is InChI=1S/C21H23N3O4/c1-14(15-5-8-18(26-2)9-6-15)24-21(25)16(12-22)13-23-17-7-10-19(27-3)20(11-17)28-4/h5-11,13-14,23H,1-4H3,(H,24,25)/b16-13-. The molecule has 2 aromatic rings. The number of methoxy groups -OCH3 is 3. The molecule has 2 aromatic carbocycles. The number of carbonyl (C=O) groups is 1. The van der Waals surface area contributed by atoms with Crippen LogP contribution in [0.15, 0.2) is 54.2 Å². The van der Waals surface area contributed by atoms with Crippen molar-refractivity contribution in [2.45, 2.75) is 13.0 Å². The van der Waals surface area contributed by atoms with Crippen molar-refractivity contribution in [2.75, 3.05) is 26.6 Å². The minimum absolute atomic E-state index is 0.0462. The van der Waals surface area contributed by atoms with E-state index < -0.39 is 5.91 Å². The van der Waals surface area contributed by atoms with Crippen LogP contribution < -0.4 is 24.8 Å². The Morgan fingerprint density at radius 3 is 2.29 bits per heavy atom. The van der Waals surface area contributed by atoms with Gasteiger partial charge >= 0.3 is 0 Å². The first-order valence-electron chi connectivity index (χ1n) is 8.56. The number of nitrogens with one attached hydrogen (secondary N) is 2. The lowest BCUT2D eigenvalue weighted by atomic mass is 10.1. The Kier molecular flexibility index (Phi) is 7.28. The van der Waals surface area contributed by atoms with Crippen LogP contribution >= 0.6 is 0 Å². The molecule has 0 aromatic heterocycles. The van der Waals surface area contributed by atoms with Gasteiger partial charge in [0.05, 0.1) is 27.4 Å². The van der Waals surface area contributed by atoms with Gasteiger partial charge in [0.15, 0.2) is 11.5 Å². The molecule has 0 saturated heterocycles. The molecular weight excluding hydrogens is 358 g/mol. The summed E-state index contributed by atoms with van der Waals surface area (Å²) < 4.78 is 15.5. The van der Waals surface area contributed by atoms with Gasteiger partial charge in [-0.25, -0.2) is 0 Å². The normalized spacial score (nSPS) is 11.8. The molecule has 1 unspecified atom stereocenters. The number of benzene rings is 2. The van der Waals surface area contributed by atoms with Crippen molar-refractivity contribution in [3.8, 4) is 23.3 Å². The second-order valence-corrected chi connectivity index (χ2v) is 5.85. The summed E-state index contributed by atoms with van der Waals surface area (Å²) in [5.74, 6) is 1.39. The van der Waals surface area contributed by atoms with Crippen LogP contribution in [0.25, 0.3) is 0 Å². The monoisotopic (exact) mass is 381 g/mol. The van der Waals surface area contributed by atoms with E-state index in [4.69, 9.17) is 14.2 Å². The van der Waals surface area contributed by atoms with Crippen LogP contribution in [0.2, 0.25) is 0 Å². The molecule has 1 amide bonds. The third-order valence-electron chi connectivity index (χ3n) is 4.10. The van der Waals surface area contributed by atoms with Gasteiger partial charge in [-0.2, -0.15) is 5.26 Å². The van der Waals surface area contributed by atoms with E-state index in [1.54, 1.807) is 32.4 Å². The smallest absolute Gasteiger partial charge is 0.263 e. The number of hydrogen-bond acceptors (Lipinski definition) is 6. The Hall–Kier alpha value is -3.66. The molecule has 0 fully saturated rings. The van der Waals surface area contributed by atoms with E-state index >= 15 is 0 Å². The summed E-state index contributed by atoms with van der Waals surface area (Å²) in [4.78, 5) is 12.4. The highest BCUT2D eigenvalue weighted by Gasteiger charge is 2.14. The number of anilines is 1. The number of hydrogen-bond donors (Lipinski definition) is 2. The summed E-state index contributed by atoms with van der Waals surface area (Å²) in [5.41, 5.74) is 1.51. The molecule has 0 aliphatic rings. The highest BCUT2D eigenvalue weighted by atomic mass is 16.5. The molecule has 146 valence electrons. The lowest BCUT2D eigenvalue weighted by Crippen LogP contribution is -2.28. The van der Waals surface area contributed by atoms with Crippen LogP contribution in [0.5, 0.6) is 17.2 Å². The molecule has 0 aliphatic carbocycles. The van der Waals surface area contributed by atoms with Crippen molar-refractivity contribution in [1.82, 2.24) is 5.32 Å². The minimum atomic E-state index is -0.473. The van der Waals surface area contributed by atoms with Crippen LogP contribution in [0.3, 0.4) is 0 Å². The van der Waals surface area contributed by atoms with Crippen molar-refractivity contribution < 1.29 is 19.0 Å². The number of amides is 1. The first kappa shape index (κ1) is 20.6. The number of nitrogens with zero attached hydrogens (tertiary/aromatic N) is 1. The van der Waals surface area contributed by atoms with Gasteiger partial charge in [-0.1, -0.05) is 12.1 Å². The number of ether oxygens (including phenoxy) is 3. The Morgan fingerprint density at radius 1 is 1.04 bits per heavy atom. The molecule has 0 aliphatic heterocycles. The van der Waals surface area contributed by atoms with Crippen LogP contribution in [0, 0.1) is 11.3 Å². The summed E-state index contributed by atoms with van der Waals surface area (Å²) in [5, 5.41) is 15.1. The van der Waals surface area contributed by atoms with Gasteiger partial charge in [0.2, 0.25) is 0 Å². The summed E-state index contributed by atoms with van der Waals surface area (Å²) in [6.07, 6.45) is 1.36. The molecule has 1 atom stereocenters. The van der Waals surface area contributed by atoms with E-state index in [1.165, 1.54) is 13.3 Å². The topological polar surface area (TPSA) is 92.6 Å². The van der Waals surface area contributed by atoms with E-state index in [9.17, 15) is 10.1 Å². The number of carbonyl (C=O) groups excluding carboxylic acids is 1. The molecule has 0 saturated carbocycles. The Balaban J connectivity index is 2.06. The van der Waals surface area contributed by atoms with E-state index in [2.05, 4.69) is 10.6 Å². The fraction of sp³-hybridized carbons (Fsp3) is 0.238. The summed E-state index contributed by atoms with van der Waals surface area (Å²) >= 11 is 0. The van der Waals surface area contributed by atoms with Gasteiger partial charge in [-0.05, 0) is 36.8 Å². The molecule has 0 bridgehead atoms. The molecule has 28 heavy (non-hydrogen) atoms. The molecule has 0 spiro atoms. The van der Waals surface area contributed by atoms with Gasteiger partial charge in [0.25, 0.3) is 5.91 Å². The Morgan fingerprint density at radius 2 is 1.71 bits per heavy atom. The summed E-state index contributed by atoms with van der Waals surface area (Å²) in [7, 11) is 4.68. The number of rotatable bonds is 8. The second kappa shape index (κ2) is 9.88. The molecular formula is C21H23N3O4. The van der Waals surface area contributed by atoms with E-state index in [1.807, 2.05) is 37.3 Å². The lowest BCUT2D eigenvalue weighted by molar-refractivity contribution is -0.117. The first-order valence-corrected chi connectivity index (χ1v) is 8.56. The third kappa shape index (κ3) is 5.17. The van der Waals surface area contributed by atoms with Crippen LogP contribution in [0.4, 0.5) is 5.69 Å². The van der Waals surface area contributed by atoms with E-state index in [0.717, 1.165) is 11.3 Å². The zero-order chi connectivity index (χ0) is 20.5. The van der Waals surface area contributed by atoms with Crippen molar-refractivity contribution in [1.29, 1.82) is 5.26 Å². The molecule has 0 heterocycles. The third-order valence-corrected chi connectivity index (χ3v) is 4.10. The van der Waals surface area contributed by atoms with Gasteiger partial charge < -0.3 is 24.8 Å². The van der Waals surface area contributed by atoms with E-state index in [-0.39, 0.29) is 11.6 Å². The molecule has 7 heteroatoms. The molecule has 2 N–H and O–H groups in total. The quantitative estimate of drug-likeness (QED) is 0.538. The Bertz CT molecular complexity index is 886. The SMILES string of the molecule is COc1ccc(C(C)NC(=O)/C(C#N)=C\Nc2ccc(OC)c(OC)c2)cc1. The van der Waals surface area contributed by atoms with Crippen molar-refractivity contribution in [3.05, 3.63) is 59.8 Å². The second-order valence-electron chi connectivity index (χ2n) is 5.85. The van der Waals surface area contributed by atoms with E-state index in [0.29, 0.717) is 17.2 Å². The van der Waals surface area contributed by atoms with Crippen molar-refractivity contribution in [2.24, 2.45) is 0 Å². The largest absolute Gasteiger partial charge is 0.497 e. The highest BCUT2D eigenvalue weighted by Crippen LogP contribution is 2.29. The maximum atomic E-state index is 12.4. The fourth-order valence-corrected chi connectivity index (χ4v) is 2.48. The predicted octanol–water partition coefficient (Wildman–Crippen LogP) is 3.41. The summed E-state index contributed by atoms with van der Waals surface area (Å²) in [6.45, 7) is 1.84. The van der Waals surface area contributed by atoms with Crippen molar-refractivity contribution >= 4 is 11.6 Å². The van der Waals surface area contributed by atoms with Gasteiger partial charge in [-0.15, -0.1) is 0 Å². The number of nitriles is 1. The first-order chi connectivity index (χ1) is 13.5. The van der Waals surface area contributed by atoms with Crippen LogP contribution in [0.1, 0.15) is 18.5 Å². The lowest BCUT2D eigenvalue weighted by Gasteiger charge is -2.14. The average molecular weight is 381 g/mol. The van der Waals surface area contributed by atoms with Gasteiger partial charge in [-0.3, -0.25) is 4.79 Å². The summed E-state index contributed by atoms with van der Waals surface area (Å²) in [6, 6.07) is 14.2. The maximum absolute atomic E-state index is 12.4. The minimum Gasteiger partial charge on any atom is -0.497 e. The zero-order valence-electron chi connectivity index (χ0n) is 16.3. The Labute approximate surface area is 164 Å². The molecule has 7 nitrogen and oxygen atoms in total. The molecule has 2 rings (SSSR count). The van der Waals surface area contributed by atoms with Gasteiger partial charge in [0.1, 0.15) is 17.4 Å². The maximum Gasteiger partial charge on any atom is 0.263 e. The zero-order valence-corrected chi connectivity index (χ0v) is 16.3. The molecule has 0 radical (unpaired) electrons.